The number of rotatable bonds is 6. The van der Waals surface area contributed by atoms with Crippen LogP contribution in [0.2, 0.25) is 0 Å². The SMILES string of the molecule is COc1ccccc1C(c1cccc2ccccc12)[C@@](C)(C#N)C(=O)N1CCC(c2cccc(C(F)(F)F)c2)CC1. The van der Waals surface area contributed by atoms with Crippen LogP contribution in [0.3, 0.4) is 0 Å². The second-order valence-corrected chi connectivity index (χ2v) is 10.7. The summed E-state index contributed by atoms with van der Waals surface area (Å²) < 4.78 is 45.6. The minimum Gasteiger partial charge on any atom is -0.496 e. The Morgan fingerprint density at radius 2 is 1.56 bits per heavy atom. The molecule has 4 aromatic rings. The van der Waals surface area contributed by atoms with E-state index < -0.39 is 23.1 Å². The fraction of sp³-hybridized carbons (Fsp3) is 0.294. The summed E-state index contributed by atoms with van der Waals surface area (Å²) in [6.45, 7) is 2.39. The van der Waals surface area contributed by atoms with Gasteiger partial charge in [0.05, 0.1) is 18.7 Å². The van der Waals surface area contributed by atoms with E-state index in [0.717, 1.165) is 28.0 Å². The van der Waals surface area contributed by atoms with E-state index in [1.807, 2.05) is 66.7 Å². The molecule has 7 heteroatoms. The zero-order valence-corrected chi connectivity index (χ0v) is 23.0. The van der Waals surface area contributed by atoms with Crippen molar-refractivity contribution >= 4 is 16.7 Å². The Labute approximate surface area is 238 Å². The molecule has 1 aliphatic rings. The lowest BCUT2D eigenvalue weighted by molar-refractivity contribution is -0.140. The molecule has 0 aliphatic carbocycles. The van der Waals surface area contributed by atoms with Crippen molar-refractivity contribution in [1.82, 2.24) is 4.90 Å². The van der Waals surface area contributed by atoms with E-state index >= 15 is 0 Å². The predicted octanol–water partition coefficient (Wildman–Crippen LogP) is 7.94. The van der Waals surface area contributed by atoms with Gasteiger partial charge in [-0.05, 0) is 59.7 Å². The Morgan fingerprint density at radius 1 is 0.927 bits per heavy atom. The molecule has 4 aromatic carbocycles. The number of nitriles is 1. The Morgan fingerprint density at radius 3 is 2.27 bits per heavy atom. The molecule has 2 atom stereocenters. The Hall–Kier alpha value is -4.31. The van der Waals surface area contributed by atoms with Crippen LogP contribution in [-0.4, -0.2) is 31.0 Å². The molecule has 4 nitrogen and oxygen atoms in total. The molecule has 0 N–H and O–H groups in total. The molecule has 1 saturated heterocycles. The first-order chi connectivity index (χ1) is 19.7. The van der Waals surface area contributed by atoms with E-state index in [9.17, 15) is 23.2 Å². The summed E-state index contributed by atoms with van der Waals surface area (Å²) in [6, 6.07) is 29.1. The number of methoxy groups -OCH3 is 1. The molecular formula is C34H31F3N2O2. The maximum Gasteiger partial charge on any atom is 0.416 e. The first kappa shape index (κ1) is 28.2. The molecule has 210 valence electrons. The van der Waals surface area contributed by atoms with Crippen LogP contribution in [0.1, 0.15) is 53.9 Å². The van der Waals surface area contributed by atoms with Crippen LogP contribution >= 0.6 is 0 Å². The van der Waals surface area contributed by atoms with Gasteiger partial charge in [0.25, 0.3) is 0 Å². The van der Waals surface area contributed by atoms with Gasteiger partial charge in [0.15, 0.2) is 0 Å². The monoisotopic (exact) mass is 556 g/mol. The first-order valence-electron chi connectivity index (χ1n) is 13.7. The van der Waals surface area contributed by atoms with Crippen LogP contribution in [0.15, 0.2) is 91.0 Å². The molecule has 1 fully saturated rings. The van der Waals surface area contributed by atoms with E-state index in [-0.39, 0.29) is 11.8 Å². The maximum atomic E-state index is 14.3. The van der Waals surface area contributed by atoms with Crippen molar-refractivity contribution in [3.05, 3.63) is 113 Å². The molecule has 0 aromatic heterocycles. The Kier molecular flexibility index (Phi) is 7.77. The Bertz CT molecular complexity index is 1600. The molecule has 0 saturated carbocycles. The number of piperidine rings is 1. The fourth-order valence-electron chi connectivity index (χ4n) is 6.15. The van der Waals surface area contributed by atoms with Gasteiger partial charge in [0.2, 0.25) is 5.91 Å². The maximum absolute atomic E-state index is 14.3. The lowest BCUT2D eigenvalue weighted by atomic mass is 9.68. The summed E-state index contributed by atoms with van der Waals surface area (Å²) in [5.41, 5.74) is 0.0614. The van der Waals surface area contributed by atoms with E-state index in [1.54, 1.807) is 25.0 Å². The molecule has 0 radical (unpaired) electrons. The molecule has 1 heterocycles. The summed E-state index contributed by atoms with van der Waals surface area (Å²) in [6.07, 6.45) is -3.37. The van der Waals surface area contributed by atoms with Gasteiger partial charge >= 0.3 is 6.18 Å². The van der Waals surface area contributed by atoms with E-state index in [2.05, 4.69) is 6.07 Å². The van der Waals surface area contributed by atoms with Gasteiger partial charge in [-0.2, -0.15) is 18.4 Å². The number of ether oxygens (including phenoxy) is 1. The van der Waals surface area contributed by atoms with E-state index in [1.165, 1.54) is 12.1 Å². The molecule has 5 rings (SSSR count). The van der Waals surface area contributed by atoms with Gasteiger partial charge in [0, 0.05) is 24.6 Å². The number of benzene rings is 4. The molecule has 1 aliphatic heterocycles. The van der Waals surface area contributed by atoms with E-state index in [0.29, 0.717) is 37.2 Å². The van der Waals surface area contributed by atoms with E-state index in [4.69, 9.17) is 4.74 Å². The van der Waals surface area contributed by atoms with Crippen molar-refractivity contribution in [1.29, 1.82) is 5.26 Å². The van der Waals surface area contributed by atoms with Gasteiger partial charge in [-0.25, -0.2) is 0 Å². The summed E-state index contributed by atoms with van der Waals surface area (Å²) in [7, 11) is 1.57. The largest absolute Gasteiger partial charge is 0.496 e. The number of carbonyl (C=O) groups is 1. The van der Waals surface area contributed by atoms with Crippen LogP contribution in [0.25, 0.3) is 10.8 Å². The van der Waals surface area contributed by atoms with Gasteiger partial charge in [-0.15, -0.1) is 0 Å². The highest BCUT2D eigenvalue weighted by Crippen LogP contribution is 2.48. The highest BCUT2D eigenvalue weighted by atomic mass is 19.4. The van der Waals surface area contributed by atoms with Crippen LogP contribution < -0.4 is 4.74 Å². The number of hydrogen-bond acceptors (Lipinski definition) is 3. The number of carbonyl (C=O) groups excluding carboxylic acids is 1. The Balaban J connectivity index is 1.50. The second-order valence-electron chi connectivity index (χ2n) is 10.7. The van der Waals surface area contributed by atoms with Crippen molar-refractivity contribution in [2.45, 2.75) is 37.8 Å². The van der Waals surface area contributed by atoms with Crippen molar-refractivity contribution < 1.29 is 22.7 Å². The topological polar surface area (TPSA) is 53.3 Å². The minimum absolute atomic E-state index is 0.0993. The zero-order valence-electron chi connectivity index (χ0n) is 23.0. The number of likely N-dealkylation sites (tertiary alicyclic amines) is 1. The second kappa shape index (κ2) is 11.3. The smallest absolute Gasteiger partial charge is 0.416 e. The average molecular weight is 557 g/mol. The van der Waals surface area contributed by atoms with Crippen LogP contribution in [0.4, 0.5) is 13.2 Å². The van der Waals surface area contributed by atoms with Crippen LogP contribution in [-0.2, 0) is 11.0 Å². The lowest BCUT2D eigenvalue weighted by Crippen LogP contribution is -2.48. The van der Waals surface area contributed by atoms with Crippen molar-refractivity contribution in [2.24, 2.45) is 5.41 Å². The highest BCUT2D eigenvalue weighted by Gasteiger charge is 2.48. The summed E-state index contributed by atoms with van der Waals surface area (Å²) >= 11 is 0. The third-order valence-electron chi connectivity index (χ3n) is 8.31. The molecule has 41 heavy (non-hydrogen) atoms. The summed E-state index contributed by atoms with van der Waals surface area (Å²) in [4.78, 5) is 16.0. The third kappa shape index (κ3) is 5.39. The number of halogens is 3. The molecule has 1 unspecified atom stereocenters. The number of nitrogens with zero attached hydrogens (tertiary/aromatic N) is 2. The predicted molar refractivity (Wildman–Crippen MR) is 153 cm³/mol. The fourth-order valence-corrected chi connectivity index (χ4v) is 6.15. The number of fused-ring (bicyclic) bond motifs is 1. The normalized spacial score (nSPS) is 16.5. The molecule has 0 spiro atoms. The zero-order chi connectivity index (χ0) is 29.2. The molecule has 0 bridgehead atoms. The van der Waals surface area contributed by atoms with Crippen LogP contribution in [0.5, 0.6) is 5.75 Å². The molecular weight excluding hydrogens is 525 g/mol. The van der Waals surface area contributed by atoms with Crippen molar-refractivity contribution in [2.75, 3.05) is 20.2 Å². The quantitative estimate of drug-likeness (QED) is 0.242. The minimum atomic E-state index is -4.41. The van der Waals surface area contributed by atoms with Gasteiger partial charge in [-0.3, -0.25) is 4.79 Å². The number of amides is 1. The first-order valence-corrected chi connectivity index (χ1v) is 13.7. The number of hydrogen-bond donors (Lipinski definition) is 0. The third-order valence-corrected chi connectivity index (χ3v) is 8.31. The average Bonchev–Trinajstić information content (AvgIpc) is 3.00. The van der Waals surface area contributed by atoms with Gasteiger partial charge in [0.1, 0.15) is 11.2 Å². The standard InChI is InChI=1S/C34H31F3N2O2/c1-33(22-38,32(40)39-19-17-23(18-20-39)25-11-7-12-26(21-25)34(35,36)37)31(29-14-5-6-16-30(29)41-2)28-15-8-10-24-9-3-4-13-27(24)28/h3-16,21,23,31H,17-20H2,1-2H3/t31?,33-/m1/s1. The number of para-hydroxylation sites is 1. The summed E-state index contributed by atoms with van der Waals surface area (Å²) in [5, 5.41) is 12.7. The lowest BCUT2D eigenvalue weighted by Gasteiger charge is -2.40. The number of alkyl halides is 3. The highest BCUT2D eigenvalue weighted by molar-refractivity contribution is 5.91. The van der Waals surface area contributed by atoms with Crippen molar-refractivity contribution in [3.63, 3.8) is 0 Å². The summed E-state index contributed by atoms with van der Waals surface area (Å²) in [5.74, 6) is -0.449. The van der Waals surface area contributed by atoms with Crippen LogP contribution in [0, 0.1) is 16.7 Å². The van der Waals surface area contributed by atoms with Gasteiger partial charge < -0.3 is 9.64 Å². The molecule has 1 amide bonds. The van der Waals surface area contributed by atoms with Crippen molar-refractivity contribution in [3.8, 4) is 11.8 Å². The van der Waals surface area contributed by atoms with Gasteiger partial charge in [-0.1, -0.05) is 78.9 Å².